The van der Waals surface area contributed by atoms with E-state index in [2.05, 4.69) is 24.4 Å². The second-order valence-electron chi connectivity index (χ2n) is 4.86. The minimum Gasteiger partial charge on any atom is -0.507 e. The number of phenolic OH excluding ortho intramolecular Hbond substituents is 1. The SMILES string of the molecule is CC[C@@H](C)c1ccc(O)c(/C=N\Nc2ccccc2)c1. The lowest BCUT2D eigenvalue weighted by Crippen LogP contribution is -1.95. The number of phenols is 1. The van der Waals surface area contributed by atoms with Crippen molar-refractivity contribution < 1.29 is 5.11 Å². The Hall–Kier alpha value is -2.29. The Morgan fingerprint density at radius 1 is 1.20 bits per heavy atom. The van der Waals surface area contributed by atoms with Crippen LogP contribution in [-0.2, 0) is 0 Å². The number of hydrazone groups is 1. The van der Waals surface area contributed by atoms with Crippen molar-refractivity contribution in [2.75, 3.05) is 5.43 Å². The van der Waals surface area contributed by atoms with Crippen LogP contribution >= 0.6 is 0 Å². The summed E-state index contributed by atoms with van der Waals surface area (Å²) in [5.41, 5.74) is 5.80. The van der Waals surface area contributed by atoms with Gasteiger partial charge in [0.1, 0.15) is 5.75 Å². The minimum absolute atomic E-state index is 0.246. The predicted molar refractivity (Wildman–Crippen MR) is 84.5 cm³/mol. The third-order valence-electron chi connectivity index (χ3n) is 3.40. The normalized spacial score (nSPS) is 12.5. The number of hydrogen-bond acceptors (Lipinski definition) is 3. The molecule has 0 radical (unpaired) electrons. The Balaban J connectivity index is 2.12. The van der Waals surface area contributed by atoms with Crippen molar-refractivity contribution in [2.45, 2.75) is 26.2 Å². The number of anilines is 1. The molecule has 0 fully saturated rings. The average molecular weight is 268 g/mol. The summed E-state index contributed by atoms with van der Waals surface area (Å²) >= 11 is 0. The van der Waals surface area contributed by atoms with E-state index < -0.39 is 0 Å². The van der Waals surface area contributed by atoms with Gasteiger partial charge in [0, 0.05) is 5.56 Å². The summed E-state index contributed by atoms with van der Waals surface area (Å²) in [7, 11) is 0. The molecule has 0 saturated heterocycles. The lowest BCUT2D eigenvalue weighted by molar-refractivity contribution is 0.474. The number of hydrogen-bond donors (Lipinski definition) is 2. The third-order valence-corrected chi connectivity index (χ3v) is 3.40. The molecule has 2 N–H and O–H groups in total. The molecule has 0 aromatic heterocycles. The van der Waals surface area contributed by atoms with E-state index in [1.807, 2.05) is 42.5 Å². The van der Waals surface area contributed by atoms with Gasteiger partial charge in [0.25, 0.3) is 0 Å². The van der Waals surface area contributed by atoms with Gasteiger partial charge in [0.2, 0.25) is 0 Å². The molecule has 2 aromatic rings. The second kappa shape index (κ2) is 6.75. The van der Waals surface area contributed by atoms with Crippen molar-refractivity contribution in [2.24, 2.45) is 5.10 Å². The van der Waals surface area contributed by atoms with Crippen LogP contribution < -0.4 is 5.43 Å². The lowest BCUT2D eigenvalue weighted by Gasteiger charge is -2.10. The Morgan fingerprint density at radius 3 is 2.65 bits per heavy atom. The van der Waals surface area contributed by atoms with Gasteiger partial charge in [-0.05, 0) is 42.2 Å². The first-order valence-electron chi connectivity index (χ1n) is 6.87. The number of rotatable bonds is 5. The quantitative estimate of drug-likeness (QED) is 0.625. The highest BCUT2D eigenvalue weighted by molar-refractivity contribution is 5.84. The topological polar surface area (TPSA) is 44.6 Å². The number of aromatic hydroxyl groups is 1. The molecule has 0 heterocycles. The molecule has 0 bridgehead atoms. The summed E-state index contributed by atoms with van der Waals surface area (Å²) in [6.07, 6.45) is 2.72. The van der Waals surface area contributed by atoms with E-state index in [1.54, 1.807) is 12.3 Å². The fourth-order valence-electron chi connectivity index (χ4n) is 1.91. The largest absolute Gasteiger partial charge is 0.507 e. The smallest absolute Gasteiger partial charge is 0.124 e. The molecule has 0 unspecified atom stereocenters. The fourth-order valence-corrected chi connectivity index (χ4v) is 1.91. The van der Waals surface area contributed by atoms with E-state index in [0.717, 1.165) is 17.7 Å². The standard InChI is InChI=1S/C17H20N2O/c1-3-13(2)14-9-10-17(20)15(11-14)12-18-19-16-7-5-4-6-8-16/h4-13,19-20H,3H2,1-2H3/b18-12-/t13-/m1/s1. The zero-order chi connectivity index (χ0) is 14.4. The van der Waals surface area contributed by atoms with Crippen molar-refractivity contribution in [1.29, 1.82) is 0 Å². The number of para-hydroxylation sites is 1. The van der Waals surface area contributed by atoms with E-state index in [1.165, 1.54) is 5.56 Å². The van der Waals surface area contributed by atoms with Crippen molar-refractivity contribution >= 4 is 11.9 Å². The minimum atomic E-state index is 0.246. The molecule has 1 atom stereocenters. The molecule has 3 heteroatoms. The molecule has 0 aliphatic rings. The Bertz CT molecular complexity index is 579. The Labute approximate surface area is 120 Å². The number of benzene rings is 2. The summed E-state index contributed by atoms with van der Waals surface area (Å²) in [4.78, 5) is 0. The summed E-state index contributed by atoms with van der Waals surface area (Å²) < 4.78 is 0. The molecular formula is C17H20N2O. The van der Waals surface area contributed by atoms with E-state index >= 15 is 0 Å². The Morgan fingerprint density at radius 2 is 1.95 bits per heavy atom. The van der Waals surface area contributed by atoms with Crippen LogP contribution in [0.4, 0.5) is 5.69 Å². The fraction of sp³-hybridized carbons (Fsp3) is 0.235. The summed E-state index contributed by atoms with van der Waals surface area (Å²) in [6.45, 7) is 4.33. The van der Waals surface area contributed by atoms with Crippen molar-refractivity contribution in [3.8, 4) is 5.75 Å². The summed E-state index contributed by atoms with van der Waals surface area (Å²) in [5.74, 6) is 0.723. The molecule has 0 spiro atoms. The third kappa shape index (κ3) is 3.60. The molecule has 0 aliphatic carbocycles. The zero-order valence-corrected chi connectivity index (χ0v) is 11.9. The second-order valence-corrected chi connectivity index (χ2v) is 4.86. The maximum atomic E-state index is 9.87. The molecule has 2 aromatic carbocycles. The van der Waals surface area contributed by atoms with Gasteiger partial charge in [0.05, 0.1) is 11.9 Å². The first-order valence-corrected chi connectivity index (χ1v) is 6.87. The van der Waals surface area contributed by atoms with Gasteiger partial charge >= 0.3 is 0 Å². The van der Waals surface area contributed by atoms with Gasteiger partial charge < -0.3 is 5.11 Å². The van der Waals surface area contributed by atoms with Crippen LogP contribution in [0.1, 0.15) is 37.3 Å². The highest BCUT2D eigenvalue weighted by Crippen LogP contribution is 2.24. The van der Waals surface area contributed by atoms with Gasteiger partial charge in [-0.1, -0.05) is 38.1 Å². The van der Waals surface area contributed by atoms with Crippen LogP contribution in [-0.4, -0.2) is 11.3 Å². The molecule has 20 heavy (non-hydrogen) atoms. The van der Waals surface area contributed by atoms with Gasteiger partial charge in [-0.3, -0.25) is 5.43 Å². The van der Waals surface area contributed by atoms with Crippen molar-refractivity contribution in [3.63, 3.8) is 0 Å². The van der Waals surface area contributed by atoms with Crippen LogP contribution in [0.3, 0.4) is 0 Å². The maximum absolute atomic E-state index is 9.87. The van der Waals surface area contributed by atoms with Crippen LogP contribution in [0, 0.1) is 0 Å². The monoisotopic (exact) mass is 268 g/mol. The molecule has 104 valence electrons. The molecule has 3 nitrogen and oxygen atoms in total. The van der Waals surface area contributed by atoms with Crippen LogP contribution in [0.5, 0.6) is 5.75 Å². The predicted octanol–water partition coefficient (Wildman–Crippen LogP) is 4.35. The van der Waals surface area contributed by atoms with Crippen LogP contribution in [0.2, 0.25) is 0 Å². The lowest BCUT2D eigenvalue weighted by atomic mass is 9.97. The first kappa shape index (κ1) is 14.1. The molecular weight excluding hydrogens is 248 g/mol. The van der Waals surface area contributed by atoms with Crippen molar-refractivity contribution in [1.82, 2.24) is 0 Å². The van der Waals surface area contributed by atoms with Gasteiger partial charge in [-0.25, -0.2) is 0 Å². The molecule has 0 saturated carbocycles. The van der Waals surface area contributed by atoms with Crippen LogP contribution in [0.25, 0.3) is 0 Å². The number of nitrogens with zero attached hydrogens (tertiary/aromatic N) is 1. The average Bonchev–Trinajstić information content (AvgIpc) is 2.49. The molecule has 0 amide bonds. The van der Waals surface area contributed by atoms with Crippen molar-refractivity contribution in [3.05, 3.63) is 59.7 Å². The summed E-state index contributed by atoms with van der Waals surface area (Å²) in [5, 5.41) is 14.0. The number of nitrogens with one attached hydrogen (secondary N) is 1. The van der Waals surface area contributed by atoms with E-state index in [9.17, 15) is 5.11 Å². The van der Waals surface area contributed by atoms with E-state index in [0.29, 0.717) is 5.92 Å². The summed E-state index contributed by atoms with van der Waals surface area (Å²) in [6, 6.07) is 15.4. The van der Waals surface area contributed by atoms with E-state index in [-0.39, 0.29) is 5.75 Å². The van der Waals surface area contributed by atoms with Gasteiger partial charge in [-0.15, -0.1) is 0 Å². The van der Waals surface area contributed by atoms with Crippen LogP contribution in [0.15, 0.2) is 53.6 Å². The zero-order valence-electron chi connectivity index (χ0n) is 11.9. The van der Waals surface area contributed by atoms with E-state index in [4.69, 9.17) is 0 Å². The Kier molecular flexibility index (Phi) is 4.77. The molecule has 0 aliphatic heterocycles. The highest BCUT2D eigenvalue weighted by Gasteiger charge is 2.06. The first-order chi connectivity index (χ1) is 9.70. The highest BCUT2D eigenvalue weighted by atomic mass is 16.3. The van der Waals surface area contributed by atoms with Gasteiger partial charge in [-0.2, -0.15) is 5.10 Å². The molecule has 2 rings (SSSR count). The maximum Gasteiger partial charge on any atom is 0.124 e. The van der Waals surface area contributed by atoms with Gasteiger partial charge in [0.15, 0.2) is 0 Å².